The van der Waals surface area contributed by atoms with Crippen molar-refractivity contribution in [3.63, 3.8) is 0 Å². The van der Waals surface area contributed by atoms with Gasteiger partial charge in [-0.05, 0) is 67.8 Å². The van der Waals surface area contributed by atoms with Gasteiger partial charge in [0, 0.05) is 11.1 Å². The highest BCUT2D eigenvalue weighted by Gasteiger charge is 2.55. The average Bonchev–Trinajstić information content (AvgIpc) is 3.16. The first-order chi connectivity index (χ1) is 12.6. The van der Waals surface area contributed by atoms with E-state index < -0.39 is 0 Å². The smallest absolute Gasteiger partial charge is 0.0956 e. The Labute approximate surface area is 154 Å². The van der Waals surface area contributed by atoms with Gasteiger partial charge in [-0.1, -0.05) is 24.3 Å². The van der Waals surface area contributed by atoms with Crippen molar-refractivity contribution in [3.8, 4) is 11.3 Å². The second-order valence-electron chi connectivity index (χ2n) is 9.50. The number of hydrogen-bond donors (Lipinski definition) is 2. The van der Waals surface area contributed by atoms with E-state index in [1.807, 2.05) is 12.5 Å². The molecule has 4 bridgehead atoms. The number of aliphatic hydroxyl groups excluding tert-OH is 1. The highest BCUT2D eigenvalue weighted by atomic mass is 16.3. The van der Waals surface area contributed by atoms with Crippen LogP contribution in [0.15, 0.2) is 36.8 Å². The van der Waals surface area contributed by atoms with E-state index in [0.717, 1.165) is 25.2 Å². The fourth-order valence-electron chi connectivity index (χ4n) is 7.31. The summed E-state index contributed by atoms with van der Waals surface area (Å²) in [4.78, 5) is 4.36. The van der Waals surface area contributed by atoms with Crippen molar-refractivity contribution in [3.05, 3.63) is 42.4 Å². The molecule has 4 saturated carbocycles. The molecule has 1 aliphatic heterocycles. The SMILES string of the molecule is NC12CC3CC(C1)C(C(O)CC1c4ccccc4-c4cncn41)C(C3)C2. The fraction of sp³-hybridized carbons (Fsp3) is 0.591. The topological polar surface area (TPSA) is 64.1 Å². The first kappa shape index (κ1) is 15.4. The molecule has 136 valence electrons. The normalized spacial score (nSPS) is 40.5. The molecule has 0 spiro atoms. The van der Waals surface area contributed by atoms with Crippen molar-refractivity contribution in [1.29, 1.82) is 0 Å². The molecule has 4 unspecified atom stereocenters. The molecule has 1 aromatic carbocycles. The van der Waals surface area contributed by atoms with E-state index in [1.165, 1.54) is 36.1 Å². The Morgan fingerprint density at radius 3 is 2.73 bits per heavy atom. The van der Waals surface area contributed by atoms with Crippen LogP contribution < -0.4 is 5.73 Å². The highest BCUT2D eigenvalue weighted by Crippen LogP contribution is 2.59. The molecule has 26 heavy (non-hydrogen) atoms. The second kappa shape index (κ2) is 5.20. The van der Waals surface area contributed by atoms with Gasteiger partial charge in [0.1, 0.15) is 0 Å². The zero-order chi connectivity index (χ0) is 17.5. The Kier molecular flexibility index (Phi) is 3.08. The summed E-state index contributed by atoms with van der Waals surface area (Å²) < 4.78 is 2.26. The zero-order valence-corrected chi connectivity index (χ0v) is 15.1. The molecule has 3 N–H and O–H groups in total. The van der Waals surface area contributed by atoms with Crippen LogP contribution in [-0.4, -0.2) is 26.3 Å². The second-order valence-corrected chi connectivity index (χ2v) is 9.50. The number of hydrogen-bond acceptors (Lipinski definition) is 3. The maximum atomic E-state index is 11.3. The maximum Gasteiger partial charge on any atom is 0.0956 e. The molecule has 4 atom stereocenters. The predicted octanol–water partition coefficient (Wildman–Crippen LogP) is 3.36. The predicted molar refractivity (Wildman–Crippen MR) is 100 cm³/mol. The molecule has 1 aromatic heterocycles. The van der Waals surface area contributed by atoms with E-state index in [9.17, 15) is 5.11 Å². The Morgan fingerprint density at radius 1 is 1.19 bits per heavy atom. The third kappa shape index (κ3) is 2.06. The van der Waals surface area contributed by atoms with Crippen LogP contribution in [0.1, 0.15) is 50.1 Å². The molecule has 0 saturated heterocycles. The number of imidazole rings is 1. The largest absolute Gasteiger partial charge is 0.393 e. The minimum atomic E-state index is -0.250. The van der Waals surface area contributed by atoms with Gasteiger partial charge in [-0.2, -0.15) is 0 Å². The van der Waals surface area contributed by atoms with Crippen molar-refractivity contribution in [2.75, 3.05) is 0 Å². The minimum Gasteiger partial charge on any atom is -0.393 e. The lowest BCUT2D eigenvalue weighted by atomic mass is 9.48. The molecule has 2 heterocycles. The van der Waals surface area contributed by atoms with E-state index in [1.54, 1.807) is 0 Å². The van der Waals surface area contributed by atoms with Gasteiger partial charge < -0.3 is 15.4 Å². The average molecular weight is 349 g/mol. The molecule has 4 aliphatic carbocycles. The summed E-state index contributed by atoms with van der Waals surface area (Å²) in [6, 6.07) is 8.80. The Hall–Kier alpha value is -1.65. The van der Waals surface area contributed by atoms with Crippen LogP contribution in [0.4, 0.5) is 0 Å². The minimum absolute atomic E-state index is 0.0736. The monoisotopic (exact) mass is 349 g/mol. The molecular formula is C22H27N3O. The van der Waals surface area contributed by atoms with Crippen LogP contribution in [0.2, 0.25) is 0 Å². The Bertz CT molecular complexity index is 843. The van der Waals surface area contributed by atoms with E-state index in [4.69, 9.17) is 5.73 Å². The lowest BCUT2D eigenvalue weighted by Crippen LogP contribution is -2.61. The Balaban J connectivity index is 1.30. The molecule has 0 radical (unpaired) electrons. The van der Waals surface area contributed by atoms with Gasteiger partial charge >= 0.3 is 0 Å². The van der Waals surface area contributed by atoms with Gasteiger partial charge in [0.15, 0.2) is 0 Å². The number of nitrogens with zero attached hydrogens (tertiary/aromatic N) is 2. The van der Waals surface area contributed by atoms with Crippen LogP contribution in [0.3, 0.4) is 0 Å². The molecule has 2 aromatic rings. The highest BCUT2D eigenvalue weighted by molar-refractivity contribution is 5.68. The summed E-state index contributed by atoms with van der Waals surface area (Å²) in [6.45, 7) is 0. The van der Waals surface area contributed by atoms with Crippen molar-refractivity contribution in [2.24, 2.45) is 29.4 Å². The van der Waals surface area contributed by atoms with Gasteiger partial charge in [-0.25, -0.2) is 4.98 Å². The molecular weight excluding hydrogens is 322 g/mol. The summed E-state index contributed by atoms with van der Waals surface area (Å²) >= 11 is 0. The molecule has 0 amide bonds. The summed E-state index contributed by atoms with van der Waals surface area (Å²) in [5.41, 5.74) is 10.5. The van der Waals surface area contributed by atoms with Gasteiger partial charge in [0.05, 0.1) is 30.4 Å². The fourth-order valence-corrected chi connectivity index (χ4v) is 7.31. The van der Waals surface area contributed by atoms with Crippen LogP contribution >= 0.6 is 0 Å². The maximum absolute atomic E-state index is 11.3. The summed E-state index contributed by atoms with van der Waals surface area (Å²) in [6.07, 6.45) is 10.5. The van der Waals surface area contributed by atoms with Crippen LogP contribution in [0.5, 0.6) is 0 Å². The van der Waals surface area contributed by atoms with Crippen molar-refractivity contribution in [2.45, 2.75) is 56.2 Å². The van der Waals surface area contributed by atoms with E-state index in [-0.39, 0.29) is 17.7 Å². The number of aliphatic hydroxyl groups is 1. The summed E-state index contributed by atoms with van der Waals surface area (Å²) in [7, 11) is 0. The third-order valence-electron chi connectivity index (χ3n) is 7.90. The van der Waals surface area contributed by atoms with E-state index in [0.29, 0.717) is 17.8 Å². The van der Waals surface area contributed by atoms with Crippen molar-refractivity contribution >= 4 is 0 Å². The van der Waals surface area contributed by atoms with Gasteiger partial charge in [-0.3, -0.25) is 0 Å². The standard InChI is InChI=1S/C22H27N3O/c23-22-8-13-5-14(9-22)21(15(6-13)10-22)20(26)7-18-16-3-1-2-4-17(16)19-11-24-12-25(18)19/h1-4,11-15,18,20-21,26H,5-10,23H2. The molecule has 4 nitrogen and oxygen atoms in total. The number of rotatable bonds is 3. The van der Waals surface area contributed by atoms with Crippen LogP contribution in [0.25, 0.3) is 11.3 Å². The molecule has 4 fully saturated rings. The van der Waals surface area contributed by atoms with Crippen molar-refractivity contribution < 1.29 is 5.11 Å². The van der Waals surface area contributed by atoms with E-state index in [2.05, 4.69) is 33.8 Å². The summed E-state index contributed by atoms with van der Waals surface area (Å²) in [5, 5.41) is 11.3. The van der Waals surface area contributed by atoms with E-state index >= 15 is 0 Å². The van der Waals surface area contributed by atoms with Crippen LogP contribution in [0, 0.1) is 23.7 Å². The van der Waals surface area contributed by atoms with Crippen molar-refractivity contribution in [1.82, 2.24) is 9.55 Å². The Morgan fingerprint density at radius 2 is 1.96 bits per heavy atom. The lowest BCUT2D eigenvalue weighted by molar-refractivity contribution is -0.102. The molecule has 5 aliphatic rings. The van der Waals surface area contributed by atoms with Crippen LogP contribution in [-0.2, 0) is 0 Å². The summed E-state index contributed by atoms with van der Waals surface area (Å²) in [5.74, 6) is 2.50. The zero-order valence-electron chi connectivity index (χ0n) is 15.1. The molecule has 4 heteroatoms. The number of fused-ring (bicyclic) bond motifs is 3. The third-order valence-corrected chi connectivity index (χ3v) is 7.90. The quantitative estimate of drug-likeness (QED) is 0.893. The number of aromatic nitrogens is 2. The number of nitrogens with two attached hydrogens (primary N) is 1. The molecule has 7 rings (SSSR count). The lowest BCUT2D eigenvalue weighted by Gasteiger charge is -2.60. The van der Waals surface area contributed by atoms with Gasteiger partial charge in [0.2, 0.25) is 0 Å². The first-order valence-electron chi connectivity index (χ1n) is 10.2. The van der Waals surface area contributed by atoms with Gasteiger partial charge in [-0.15, -0.1) is 0 Å². The first-order valence-corrected chi connectivity index (χ1v) is 10.2. The number of benzene rings is 1. The van der Waals surface area contributed by atoms with Gasteiger partial charge in [0.25, 0.3) is 0 Å².